The van der Waals surface area contributed by atoms with Crippen LogP contribution in [0.1, 0.15) is 60.1 Å². The Morgan fingerprint density at radius 3 is 2.44 bits per heavy atom. The van der Waals surface area contributed by atoms with E-state index in [1.165, 1.54) is 33.8 Å². The van der Waals surface area contributed by atoms with E-state index in [0.717, 1.165) is 29.9 Å². The standard InChI is InChI=1S/C23H32N2OS/c1-15-10-19(11-16(2)22(15)24-21(26)13-23(4,5)6)25-9-7-8-18-12-17(3)27-20(18)14-25/h10-12H,7-9,13-14H2,1-6H3,(H,24,26). The van der Waals surface area contributed by atoms with Crippen LogP contribution in [0.3, 0.4) is 0 Å². The number of nitrogens with zero attached hydrogens (tertiary/aromatic N) is 1. The molecule has 146 valence electrons. The van der Waals surface area contributed by atoms with Crippen molar-refractivity contribution >= 4 is 28.6 Å². The van der Waals surface area contributed by atoms with Gasteiger partial charge < -0.3 is 10.2 Å². The normalized spacial score (nSPS) is 14.7. The quantitative estimate of drug-likeness (QED) is 0.704. The number of thiophene rings is 1. The number of hydrogen-bond donors (Lipinski definition) is 1. The third kappa shape index (κ3) is 4.92. The lowest BCUT2D eigenvalue weighted by molar-refractivity contribution is -0.117. The van der Waals surface area contributed by atoms with Crippen molar-refractivity contribution in [3.8, 4) is 0 Å². The van der Waals surface area contributed by atoms with Crippen LogP contribution in [0, 0.1) is 26.2 Å². The molecule has 2 aromatic rings. The van der Waals surface area contributed by atoms with E-state index in [9.17, 15) is 4.79 Å². The van der Waals surface area contributed by atoms with Gasteiger partial charge in [-0.3, -0.25) is 4.79 Å². The fourth-order valence-corrected chi connectivity index (χ4v) is 4.98. The molecule has 0 saturated heterocycles. The second-order valence-electron chi connectivity index (χ2n) is 9.07. The summed E-state index contributed by atoms with van der Waals surface area (Å²) in [4.78, 5) is 17.8. The van der Waals surface area contributed by atoms with Crippen molar-refractivity contribution in [1.82, 2.24) is 0 Å². The lowest BCUT2D eigenvalue weighted by Gasteiger charge is -2.25. The van der Waals surface area contributed by atoms with E-state index in [1.54, 1.807) is 0 Å². The van der Waals surface area contributed by atoms with Crippen molar-refractivity contribution in [1.29, 1.82) is 0 Å². The van der Waals surface area contributed by atoms with E-state index in [4.69, 9.17) is 0 Å². The number of rotatable bonds is 3. The van der Waals surface area contributed by atoms with Crippen LogP contribution in [0.2, 0.25) is 0 Å². The van der Waals surface area contributed by atoms with E-state index in [2.05, 4.69) is 70.0 Å². The van der Waals surface area contributed by atoms with Crippen LogP contribution in [0.15, 0.2) is 18.2 Å². The first-order chi connectivity index (χ1) is 12.6. The fraction of sp³-hybridized carbons (Fsp3) is 0.522. The molecule has 0 unspecified atom stereocenters. The second-order valence-corrected chi connectivity index (χ2v) is 10.4. The molecule has 3 nitrogen and oxygen atoms in total. The summed E-state index contributed by atoms with van der Waals surface area (Å²) in [6, 6.07) is 6.81. The Morgan fingerprint density at radius 1 is 1.15 bits per heavy atom. The summed E-state index contributed by atoms with van der Waals surface area (Å²) in [5.74, 6) is 0.0925. The van der Waals surface area contributed by atoms with Crippen molar-refractivity contribution in [2.24, 2.45) is 5.41 Å². The maximum Gasteiger partial charge on any atom is 0.224 e. The molecule has 3 rings (SSSR count). The highest BCUT2D eigenvalue weighted by Gasteiger charge is 2.20. The minimum atomic E-state index is -0.00553. The van der Waals surface area contributed by atoms with Gasteiger partial charge in [-0.15, -0.1) is 11.3 Å². The topological polar surface area (TPSA) is 32.3 Å². The minimum Gasteiger partial charge on any atom is -0.366 e. The Bertz CT molecular complexity index is 822. The number of hydrogen-bond acceptors (Lipinski definition) is 3. The number of carbonyl (C=O) groups excluding carboxylic acids is 1. The van der Waals surface area contributed by atoms with Crippen LogP contribution < -0.4 is 10.2 Å². The first-order valence-electron chi connectivity index (χ1n) is 9.86. The van der Waals surface area contributed by atoms with Gasteiger partial charge in [-0.1, -0.05) is 20.8 Å². The van der Waals surface area contributed by atoms with Crippen molar-refractivity contribution in [2.45, 2.75) is 67.3 Å². The van der Waals surface area contributed by atoms with E-state index >= 15 is 0 Å². The summed E-state index contributed by atoms with van der Waals surface area (Å²) in [7, 11) is 0. The molecule has 4 heteroatoms. The highest BCUT2D eigenvalue weighted by molar-refractivity contribution is 7.12. The van der Waals surface area contributed by atoms with Crippen LogP contribution in [0.5, 0.6) is 0 Å². The van der Waals surface area contributed by atoms with Gasteiger partial charge in [0, 0.05) is 34.1 Å². The minimum absolute atomic E-state index is 0.00553. The second kappa shape index (κ2) is 7.67. The third-order valence-corrected chi connectivity index (χ3v) is 6.14. The molecule has 1 aromatic carbocycles. The molecule has 1 aromatic heterocycles. The summed E-state index contributed by atoms with van der Waals surface area (Å²) < 4.78 is 0. The van der Waals surface area contributed by atoms with Crippen molar-refractivity contribution < 1.29 is 4.79 Å². The molecule has 1 aliphatic heterocycles. The monoisotopic (exact) mass is 384 g/mol. The van der Waals surface area contributed by atoms with Gasteiger partial charge in [0.25, 0.3) is 0 Å². The molecule has 0 radical (unpaired) electrons. The first-order valence-corrected chi connectivity index (χ1v) is 10.7. The molecule has 0 spiro atoms. The molecule has 27 heavy (non-hydrogen) atoms. The molecule has 0 bridgehead atoms. The lowest BCUT2D eigenvalue weighted by atomic mass is 9.92. The maximum absolute atomic E-state index is 12.4. The molecule has 0 saturated carbocycles. The molecule has 0 fully saturated rings. The van der Waals surface area contributed by atoms with Gasteiger partial charge in [0.1, 0.15) is 0 Å². The number of carbonyl (C=O) groups is 1. The maximum atomic E-state index is 12.4. The van der Waals surface area contributed by atoms with Gasteiger partial charge in [-0.2, -0.15) is 0 Å². The van der Waals surface area contributed by atoms with Crippen molar-refractivity contribution in [2.75, 3.05) is 16.8 Å². The van der Waals surface area contributed by atoms with E-state index < -0.39 is 0 Å². The van der Waals surface area contributed by atoms with Crippen LogP contribution in [-0.2, 0) is 17.8 Å². The number of nitrogens with one attached hydrogen (secondary N) is 1. The number of anilines is 2. The Hall–Kier alpha value is -1.81. The zero-order valence-electron chi connectivity index (χ0n) is 17.5. The van der Waals surface area contributed by atoms with Gasteiger partial charge in [-0.25, -0.2) is 0 Å². The smallest absolute Gasteiger partial charge is 0.224 e. The average molecular weight is 385 g/mol. The highest BCUT2D eigenvalue weighted by atomic mass is 32.1. The lowest BCUT2D eigenvalue weighted by Crippen LogP contribution is -2.23. The zero-order chi connectivity index (χ0) is 19.8. The van der Waals surface area contributed by atoms with Crippen LogP contribution >= 0.6 is 11.3 Å². The molecular weight excluding hydrogens is 352 g/mol. The molecule has 1 amide bonds. The Labute approximate surface area is 167 Å². The van der Waals surface area contributed by atoms with Gasteiger partial charge in [0.15, 0.2) is 0 Å². The Morgan fingerprint density at radius 2 is 1.81 bits per heavy atom. The Kier molecular flexibility index (Phi) is 5.66. The van der Waals surface area contributed by atoms with Gasteiger partial charge in [0.05, 0.1) is 6.54 Å². The van der Waals surface area contributed by atoms with Crippen molar-refractivity contribution in [3.63, 3.8) is 0 Å². The van der Waals surface area contributed by atoms with E-state index in [0.29, 0.717) is 6.42 Å². The summed E-state index contributed by atoms with van der Waals surface area (Å²) in [6.45, 7) is 14.7. The fourth-order valence-electron chi connectivity index (χ4n) is 3.88. The zero-order valence-corrected chi connectivity index (χ0v) is 18.3. The highest BCUT2D eigenvalue weighted by Crippen LogP contribution is 2.33. The molecule has 2 heterocycles. The molecular formula is C23H32N2OS. The number of fused-ring (bicyclic) bond motifs is 1. The van der Waals surface area contributed by atoms with Gasteiger partial charge >= 0.3 is 0 Å². The molecule has 1 N–H and O–H groups in total. The Balaban J connectivity index is 1.81. The molecule has 1 aliphatic rings. The summed E-state index contributed by atoms with van der Waals surface area (Å²) >= 11 is 1.93. The van der Waals surface area contributed by atoms with Crippen LogP contribution in [0.25, 0.3) is 0 Å². The summed E-state index contributed by atoms with van der Waals surface area (Å²) in [5.41, 5.74) is 6.03. The predicted molar refractivity (Wildman–Crippen MR) is 117 cm³/mol. The van der Waals surface area contributed by atoms with Crippen molar-refractivity contribution in [3.05, 3.63) is 44.6 Å². The van der Waals surface area contributed by atoms with E-state index in [-0.39, 0.29) is 11.3 Å². The predicted octanol–water partition coefficient (Wildman–Crippen LogP) is 6.00. The van der Waals surface area contributed by atoms with Crippen LogP contribution in [-0.4, -0.2) is 12.5 Å². The number of aryl methyl sites for hydroxylation is 4. The first kappa shape index (κ1) is 19.9. The SMILES string of the molecule is Cc1cc2c(s1)CN(c1cc(C)c(NC(=O)CC(C)(C)C)c(C)c1)CCC2. The largest absolute Gasteiger partial charge is 0.366 e. The third-order valence-electron chi connectivity index (χ3n) is 5.07. The van der Waals surface area contributed by atoms with Gasteiger partial charge in [-0.05, 0) is 73.9 Å². The number of amides is 1. The average Bonchev–Trinajstić information content (AvgIpc) is 2.76. The molecule has 0 aliphatic carbocycles. The summed E-state index contributed by atoms with van der Waals surface area (Å²) in [5, 5.41) is 3.14. The summed E-state index contributed by atoms with van der Waals surface area (Å²) in [6.07, 6.45) is 2.89. The number of benzene rings is 1. The van der Waals surface area contributed by atoms with Gasteiger partial charge in [0.2, 0.25) is 5.91 Å². The molecule has 0 atom stereocenters. The van der Waals surface area contributed by atoms with Crippen LogP contribution in [0.4, 0.5) is 11.4 Å². The van der Waals surface area contributed by atoms with E-state index in [1.807, 2.05) is 11.3 Å².